The van der Waals surface area contributed by atoms with Gasteiger partial charge in [0.1, 0.15) is 0 Å². The molecule has 0 aliphatic carbocycles. The van der Waals surface area contributed by atoms with Crippen molar-refractivity contribution >= 4 is 7.75 Å². The molecule has 0 spiro atoms. The first-order valence-electron chi connectivity index (χ1n) is 5.10. The van der Waals surface area contributed by atoms with Crippen LogP contribution in [0.25, 0.3) is 0 Å². The predicted octanol–water partition coefficient (Wildman–Crippen LogP) is 0.809. The van der Waals surface area contributed by atoms with Crippen molar-refractivity contribution in [3.05, 3.63) is 0 Å². The fraction of sp³-hybridized carbons (Fsp3) is 1.00. The van der Waals surface area contributed by atoms with Crippen LogP contribution in [0.15, 0.2) is 0 Å². The highest BCUT2D eigenvalue weighted by molar-refractivity contribution is 7.50. The van der Waals surface area contributed by atoms with Crippen LogP contribution in [0.1, 0.15) is 19.8 Å². The van der Waals surface area contributed by atoms with Gasteiger partial charge >= 0.3 is 7.75 Å². The summed E-state index contributed by atoms with van der Waals surface area (Å²) in [5, 5.41) is 3.20. The van der Waals surface area contributed by atoms with Crippen LogP contribution in [0.2, 0.25) is 0 Å². The average molecular weight is 222 g/mol. The highest BCUT2D eigenvalue weighted by Gasteiger charge is 2.28. The summed E-state index contributed by atoms with van der Waals surface area (Å²) in [6, 6.07) is 0. The van der Waals surface area contributed by atoms with Gasteiger partial charge in [-0.2, -0.15) is 0 Å². The minimum Gasteiger partial charge on any atom is -0.315 e. The molecule has 1 saturated heterocycles. The van der Waals surface area contributed by atoms with Crippen molar-refractivity contribution in [3.63, 3.8) is 0 Å². The minimum absolute atomic E-state index is 0.348. The Hall–Kier alpha value is 0.0700. The lowest BCUT2D eigenvalue weighted by Crippen LogP contribution is -2.30. The van der Waals surface area contributed by atoms with Crippen LogP contribution in [0.4, 0.5) is 0 Å². The van der Waals surface area contributed by atoms with Crippen molar-refractivity contribution in [3.8, 4) is 0 Å². The molecule has 0 aromatic heterocycles. The normalized spacial score (nSPS) is 31.9. The van der Waals surface area contributed by atoms with Gasteiger partial charge in [0.15, 0.2) is 0 Å². The highest BCUT2D eigenvalue weighted by Crippen LogP contribution is 2.46. The van der Waals surface area contributed by atoms with Crippen molar-refractivity contribution in [2.24, 2.45) is 0 Å². The monoisotopic (exact) mass is 222 g/mol. The lowest BCUT2D eigenvalue weighted by Gasteiger charge is -2.24. The number of nitrogens with zero attached hydrogens (tertiary/aromatic N) is 1. The summed E-state index contributed by atoms with van der Waals surface area (Å²) in [5.41, 5.74) is 0. The Bertz CT molecular complexity index is 213. The van der Waals surface area contributed by atoms with E-state index in [0.29, 0.717) is 19.7 Å². The van der Waals surface area contributed by atoms with Crippen LogP contribution in [-0.2, 0) is 9.09 Å². The van der Waals surface area contributed by atoms with Gasteiger partial charge in [-0.3, -0.25) is 4.52 Å². The van der Waals surface area contributed by atoms with Crippen molar-refractivity contribution < 1.29 is 14.0 Å². The Balaban J connectivity index is 2.58. The SMILES string of the molecule is CCCN1CCNCCCOP1(=O)O. The Labute approximate surface area is 85.0 Å². The third kappa shape index (κ3) is 3.67. The summed E-state index contributed by atoms with van der Waals surface area (Å²) in [6.45, 7) is 5.10. The van der Waals surface area contributed by atoms with E-state index in [0.717, 1.165) is 25.9 Å². The van der Waals surface area contributed by atoms with Gasteiger partial charge < -0.3 is 10.2 Å². The first-order valence-corrected chi connectivity index (χ1v) is 6.63. The predicted molar refractivity (Wildman–Crippen MR) is 55.1 cm³/mol. The molecule has 0 radical (unpaired) electrons. The maximum atomic E-state index is 11.7. The number of hydrogen-bond acceptors (Lipinski definition) is 3. The topological polar surface area (TPSA) is 61.8 Å². The first-order chi connectivity index (χ1) is 6.67. The zero-order chi connectivity index (χ0) is 10.4. The van der Waals surface area contributed by atoms with Crippen LogP contribution in [-0.4, -0.2) is 42.3 Å². The van der Waals surface area contributed by atoms with Gasteiger partial charge in [-0.1, -0.05) is 6.92 Å². The second-order valence-electron chi connectivity index (χ2n) is 3.38. The highest BCUT2D eigenvalue weighted by atomic mass is 31.2. The van der Waals surface area contributed by atoms with Crippen molar-refractivity contribution in [1.29, 1.82) is 0 Å². The van der Waals surface area contributed by atoms with E-state index in [-0.39, 0.29) is 0 Å². The van der Waals surface area contributed by atoms with Crippen LogP contribution >= 0.6 is 7.75 Å². The summed E-state index contributed by atoms with van der Waals surface area (Å²) in [6.07, 6.45) is 1.64. The molecule has 2 N–H and O–H groups in total. The quantitative estimate of drug-likeness (QED) is 0.677. The van der Waals surface area contributed by atoms with E-state index in [4.69, 9.17) is 4.52 Å². The molecule has 1 heterocycles. The fourth-order valence-electron chi connectivity index (χ4n) is 1.42. The smallest absolute Gasteiger partial charge is 0.315 e. The van der Waals surface area contributed by atoms with Crippen LogP contribution < -0.4 is 5.32 Å². The fourth-order valence-corrected chi connectivity index (χ4v) is 2.75. The van der Waals surface area contributed by atoms with Gasteiger partial charge in [0.25, 0.3) is 0 Å². The van der Waals surface area contributed by atoms with Crippen LogP contribution in [0.3, 0.4) is 0 Å². The molecule has 0 aromatic carbocycles. The molecular formula is C8H19N2O3P. The third-order valence-electron chi connectivity index (χ3n) is 2.14. The molecule has 0 amide bonds. The summed E-state index contributed by atoms with van der Waals surface area (Å²) >= 11 is 0. The molecule has 0 saturated carbocycles. The number of nitrogens with one attached hydrogen (secondary N) is 1. The Morgan fingerprint density at radius 2 is 2.36 bits per heavy atom. The first kappa shape index (κ1) is 12.1. The maximum absolute atomic E-state index is 11.7. The van der Waals surface area contributed by atoms with Crippen molar-refractivity contribution in [2.45, 2.75) is 19.8 Å². The Morgan fingerprint density at radius 1 is 1.57 bits per heavy atom. The minimum atomic E-state index is -3.52. The van der Waals surface area contributed by atoms with Gasteiger partial charge in [0.05, 0.1) is 6.61 Å². The van der Waals surface area contributed by atoms with Crippen molar-refractivity contribution in [2.75, 3.05) is 32.8 Å². The summed E-state index contributed by atoms with van der Waals surface area (Å²) < 4.78 is 18.3. The van der Waals surface area contributed by atoms with Gasteiger partial charge in [-0.05, 0) is 19.4 Å². The second kappa shape index (κ2) is 5.83. The van der Waals surface area contributed by atoms with E-state index in [9.17, 15) is 9.46 Å². The Kier molecular flexibility index (Phi) is 5.06. The molecule has 1 aliphatic heterocycles. The average Bonchev–Trinajstić information content (AvgIpc) is 2.20. The van der Waals surface area contributed by atoms with Crippen LogP contribution in [0, 0.1) is 0 Å². The third-order valence-corrected chi connectivity index (χ3v) is 3.78. The van der Waals surface area contributed by atoms with Gasteiger partial charge in [-0.25, -0.2) is 9.24 Å². The molecule has 0 aromatic rings. The summed E-state index contributed by atoms with van der Waals surface area (Å²) in [4.78, 5) is 9.63. The molecule has 1 fully saturated rings. The lowest BCUT2D eigenvalue weighted by atomic mass is 10.4. The molecule has 1 rings (SSSR count). The molecular weight excluding hydrogens is 203 g/mol. The molecule has 14 heavy (non-hydrogen) atoms. The van der Waals surface area contributed by atoms with Gasteiger partial charge in [-0.15, -0.1) is 0 Å². The molecule has 1 unspecified atom stereocenters. The molecule has 0 bridgehead atoms. The lowest BCUT2D eigenvalue weighted by molar-refractivity contribution is 0.206. The van der Waals surface area contributed by atoms with E-state index < -0.39 is 7.75 Å². The molecule has 5 nitrogen and oxygen atoms in total. The maximum Gasteiger partial charge on any atom is 0.405 e. The van der Waals surface area contributed by atoms with Gasteiger partial charge in [0, 0.05) is 19.6 Å². The number of hydrogen-bond donors (Lipinski definition) is 2. The number of rotatable bonds is 2. The summed E-state index contributed by atoms with van der Waals surface area (Å²) in [7, 11) is -3.52. The van der Waals surface area contributed by atoms with E-state index in [1.54, 1.807) is 0 Å². The standard InChI is InChI=1S/C8H19N2O3P/c1-2-6-10-7-5-9-4-3-8-13-14(10,11)12/h9H,2-8H2,1H3,(H,11,12). The van der Waals surface area contributed by atoms with E-state index >= 15 is 0 Å². The molecule has 1 atom stereocenters. The zero-order valence-corrected chi connectivity index (χ0v) is 9.50. The largest absolute Gasteiger partial charge is 0.405 e. The van der Waals surface area contributed by atoms with Crippen LogP contribution in [0.5, 0.6) is 0 Å². The van der Waals surface area contributed by atoms with Crippen molar-refractivity contribution in [1.82, 2.24) is 9.99 Å². The zero-order valence-electron chi connectivity index (χ0n) is 8.61. The van der Waals surface area contributed by atoms with E-state index in [1.807, 2.05) is 6.92 Å². The van der Waals surface area contributed by atoms with E-state index in [1.165, 1.54) is 4.67 Å². The molecule has 6 heteroatoms. The Morgan fingerprint density at radius 3 is 3.07 bits per heavy atom. The van der Waals surface area contributed by atoms with Gasteiger partial charge in [0.2, 0.25) is 0 Å². The molecule has 1 aliphatic rings. The summed E-state index contributed by atoms with van der Waals surface area (Å²) in [5.74, 6) is 0. The second-order valence-corrected chi connectivity index (χ2v) is 5.19. The molecule has 84 valence electrons. The van der Waals surface area contributed by atoms with E-state index in [2.05, 4.69) is 5.32 Å².